The highest BCUT2D eigenvalue weighted by molar-refractivity contribution is 7.91. The van der Waals surface area contributed by atoms with Crippen molar-refractivity contribution in [3.63, 3.8) is 0 Å². The predicted octanol–water partition coefficient (Wildman–Crippen LogP) is 4.30. The smallest absolute Gasteiger partial charge is 0.150 e. The molecule has 9 nitrogen and oxygen atoms in total. The van der Waals surface area contributed by atoms with E-state index < -0.39 is 9.84 Å². The standard InChI is InChI=1S/C27H32N6O3S/c1-4-22-26(32(3)31-30-22)20-15-24-25(28-16-20)21-5-6-23(19-9-13-37(34,35)14-10-19)29-27(21)33(24)17(2)18-7-11-36-12-8-18/h4-6,15-19H,1,7-14H2,2-3H3/t17-/m1/s1. The van der Waals surface area contributed by atoms with Gasteiger partial charge in [0.1, 0.15) is 21.2 Å². The molecule has 37 heavy (non-hydrogen) atoms. The molecule has 0 radical (unpaired) electrons. The summed E-state index contributed by atoms with van der Waals surface area (Å²) in [5.74, 6) is 1.07. The fraction of sp³-hybridized carbons (Fsp3) is 0.481. The van der Waals surface area contributed by atoms with Crippen molar-refractivity contribution in [3.8, 4) is 11.3 Å². The van der Waals surface area contributed by atoms with Crippen LogP contribution in [0.2, 0.25) is 0 Å². The molecule has 0 bridgehead atoms. The first kappa shape index (κ1) is 24.2. The number of aromatic nitrogens is 6. The van der Waals surface area contributed by atoms with E-state index in [0.29, 0.717) is 18.8 Å². The molecule has 2 saturated heterocycles. The molecule has 2 fully saturated rings. The number of sulfone groups is 1. The SMILES string of the molecule is C=Cc1nnn(C)c1-c1cnc2c3ccc(C4CCS(=O)(=O)CC4)nc3n([C@H](C)C3CCOCC3)c2c1. The Labute approximate surface area is 216 Å². The van der Waals surface area contributed by atoms with Crippen molar-refractivity contribution in [2.75, 3.05) is 24.7 Å². The van der Waals surface area contributed by atoms with E-state index in [1.165, 1.54) is 0 Å². The lowest BCUT2D eigenvalue weighted by atomic mass is 9.92. The number of pyridine rings is 2. The Kier molecular flexibility index (Phi) is 6.11. The van der Waals surface area contributed by atoms with Gasteiger partial charge in [-0.05, 0) is 62.8 Å². The topological polar surface area (TPSA) is 105 Å². The molecule has 4 aromatic heterocycles. The molecular weight excluding hydrogens is 488 g/mol. The van der Waals surface area contributed by atoms with Gasteiger partial charge in [-0.15, -0.1) is 5.10 Å². The lowest BCUT2D eigenvalue weighted by molar-refractivity contribution is 0.0524. The molecule has 0 spiro atoms. The molecule has 0 unspecified atom stereocenters. The molecule has 0 N–H and O–H groups in total. The average Bonchev–Trinajstić information content (AvgIpc) is 3.45. The number of fused-ring (bicyclic) bond motifs is 3. The van der Waals surface area contributed by atoms with Gasteiger partial charge in [-0.25, -0.2) is 18.1 Å². The van der Waals surface area contributed by atoms with Crippen LogP contribution in [-0.4, -0.2) is 62.7 Å². The number of rotatable bonds is 5. The highest BCUT2D eigenvalue weighted by Crippen LogP contribution is 2.38. The minimum absolute atomic E-state index is 0.150. The summed E-state index contributed by atoms with van der Waals surface area (Å²) in [4.78, 5) is 10.1. The molecule has 6 rings (SSSR count). The molecule has 0 saturated carbocycles. The summed E-state index contributed by atoms with van der Waals surface area (Å²) >= 11 is 0. The van der Waals surface area contributed by atoms with E-state index in [-0.39, 0.29) is 23.5 Å². The van der Waals surface area contributed by atoms with Gasteiger partial charge in [0.05, 0.1) is 28.2 Å². The van der Waals surface area contributed by atoms with Gasteiger partial charge in [0.25, 0.3) is 0 Å². The zero-order chi connectivity index (χ0) is 25.7. The van der Waals surface area contributed by atoms with Gasteiger partial charge in [-0.2, -0.15) is 0 Å². The van der Waals surface area contributed by atoms with Crippen LogP contribution in [0, 0.1) is 5.92 Å². The Morgan fingerprint density at radius 3 is 2.65 bits per heavy atom. The van der Waals surface area contributed by atoms with Crippen LogP contribution in [0.5, 0.6) is 0 Å². The Morgan fingerprint density at radius 1 is 1.16 bits per heavy atom. The van der Waals surface area contributed by atoms with Crippen LogP contribution in [0.25, 0.3) is 39.4 Å². The third kappa shape index (κ3) is 4.25. The van der Waals surface area contributed by atoms with E-state index in [1.807, 2.05) is 13.2 Å². The first-order chi connectivity index (χ1) is 17.9. The molecule has 0 aromatic carbocycles. The summed E-state index contributed by atoms with van der Waals surface area (Å²) in [6, 6.07) is 6.53. The molecule has 6 heterocycles. The number of hydrogen-bond acceptors (Lipinski definition) is 7. The van der Waals surface area contributed by atoms with Crippen molar-refractivity contribution in [3.05, 3.63) is 42.4 Å². The summed E-state index contributed by atoms with van der Waals surface area (Å²) in [7, 11) is -1.06. The molecule has 10 heteroatoms. The van der Waals surface area contributed by atoms with Crippen LogP contribution in [0.1, 0.15) is 56.0 Å². The van der Waals surface area contributed by atoms with Crippen molar-refractivity contribution < 1.29 is 13.2 Å². The van der Waals surface area contributed by atoms with Gasteiger partial charge in [0.15, 0.2) is 0 Å². The fourth-order valence-corrected chi connectivity index (χ4v) is 7.49. The summed E-state index contributed by atoms with van der Waals surface area (Å²) < 4.78 is 33.8. The molecule has 0 amide bonds. The van der Waals surface area contributed by atoms with E-state index in [0.717, 1.165) is 70.8 Å². The maximum Gasteiger partial charge on any atom is 0.150 e. The van der Waals surface area contributed by atoms with E-state index in [2.05, 4.69) is 46.6 Å². The second kappa shape index (κ2) is 9.33. The molecule has 194 valence electrons. The average molecular weight is 521 g/mol. The maximum atomic E-state index is 12.0. The second-order valence-electron chi connectivity index (χ2n) is 10.3. The highest BCUT2D eigenvalue weighted by atomic mass is 32.2. The van der Waals surface area contributed by atoms with Crippen molar-refractivity contribution in [1.82, 2.24) is 29.5 Å². The monoisotopic (exact) mass is 520 g/mol. The van der Waals surface area contributed by atoms with E-state index in [9.17, 15) is 8.42 Å². The van der Waals surface area contributed by atoms with Crippen molar-refractivity contribution in [2.45, 2.75) is 44.6 Å². The lowest BCUT2D eigenvalue weighted by Crippen LogP contribution is -2.24. The van der Waals surface area contributed by atoms with Crippen molar-refractivity contribution in [2.24, 2.45) is 13.0 Å². The van der Waals surface area contributed by atoms with Gasteiger partial charge >= 0.3 is 0 Å². The van der Waals surface area contributed by atoms with E-state index in [4.69, 9.17) is 14.7 Å². The first-order valence-electron chi connectivity index (χ1n) is 13.0. The Hall–Kier alpha value is -3.11. The molecular formula is C27H32N6O3S. The summed E-state index contributed by atoms with van der Waals surface area (Å²) in [5, 5.41) is 9.43. The van der Waals surface area contributed by atoms with E-state index >= 15 is 0 Å². The van der Waals surface area contributed by atoms with Crippen molar-refractivity contribution >= 4 is 38.0 Å². The van der Waals surface area contributed by atoms with Crippen LogP contribution >= 0.6 is 0 Å². The summed E-state index contributed by atoms with van der Waals surface area (Å²) in [6.45, 7) is 7.71. The lowest BCUT2D eigenvalue weighted by Gasteiger charge is -2.30. The Balaban J connectivity index is 1.53. The number of aryl methyl sites for hydroxylation is 1. The van der Waals surface area contributed by atoms with E-state index in [1.54, 1.807) is 10.8 Å². The second-order valence-corrected chi connectivity index (χ2v) is 12.6. The van der Waals surface area contributed by atoms with Gasteiger partial charge < -0.3 is 9.30 Å². The molecule has 2 aliphatic heterocycles. The summed E-state index contributed by atoms with van der Waals surface area (Å²) in [6.07, 6.45) is 6.83. The third-order valence-corrected chi connectivity index (χ3v) is 9.87. The number of nitrogens with zero attached hydrogens (tertiary/aromatic N) is 6. The molecule has 0 aliphatic carbocycles. The van der Waals surface area contributed by atoms with Crippen LogP contribution in [0.4, 0.5) is 0 Å². The van der Waals surface area contributed by atoms with Gasteiger partial charge in [0, 0.05) is 55.1 Å². The summed E-state index contributed by atoms with van der Waals surface area (Å²) in [5.41, 5.74) is 6.34. The predicted molar refractivity (Wildman–Crippen MR) is 144 cm³/mol. The largest absolute Gasteiger partial charge is 0.381 e. The fourth-order valence-electron chi connectivity index (χ4n) is 6.00. The quantitative estimate of drug-likeness (QED) is 0.386. The minimum atomic E-state index is -2.93. The van der Waals surface area contributed by atoms with Gasteiger partial charge in [0.2, 0.25) is 0 Å². The van der Waals surface area contributed by atoms with Crippen LogP contribution in [-0.2, 0) is 21.6 Å². The maximum absolute atomic E-state index is 12.0. The molecule has 4 aromatic rings. The minimum Gasteiger partial charge on any atom is -0.381 e. The Morgan fingerprint density at radius 2 is 1.92 bits per heavy atom. The van der Waals surface area contributed by atoms with Gasteiger partial charge in [-0.1, -0.05) is 11.8 Å². The number of hydrogen-bond donors (Lipinski definition) is 0. The zero-order valence-corrected chi connectivity index (χ0v) is 22.1. The third-order valence-electron chi connectivity index (χ3n) is 8.16. The first-order valence-corrected chi connectivity index (χ1v) is 14.8. The van der Waals surface area contributed by atoms with Gasteiger partial charge in [-0.3, -0.25) is 4.98 Å². The molecule has 1 atom stereocenters. The van der Waals surface area contributed by atoms with Crippen LogP contribution in [0.3, 0.4) is 0 Å². The molecule has 2 aliphatic rings. The van der Waals surface area contributed by atoms with Crippen LogP contribution in [0.15, 0.2) is 31.0 Å². The highest BCUT2D eigenvalue weighted by Gasteiger charge is 2.29. The van der Waals surface area contributed by atoms with Crippen LogP contribution < -0.4 is 0 Å². The Bertz CT molecular complexity index is 1590. The number of ether oxygens (including phenoxy) is 1. The normalized spacial score (nSPS) is 19.9. The zero-order valence-electron chi connectivity index (χ0n) is 21.3. The van der Waals surface area contributed by atoms with Crippen molar-refractivity contribution in [1.29, 1.82) is 0 Å².